The monoisotopic (exact) mass is 322 g/mol. The molecule has 0 spiro atoms. The number of nitrogens with one attached hydrogen (secondary N) is 2. The minimum absolute atomic E-state index is 0.0539. The van der Waals surface area contributed by atoms with Crippen molar-refractivity contribution in [2.24, 2.45) is 0 Å². The first-order valence-electron chi connectivity index (χ1n) is 6.43. The molecule has 1 heterocycles. The summed E-state index contributed by atoms with van der Waals surface area (Å²) in [5, 5.41) is 7.84. The Labute approximate surface area is 132 Å². The van der Waals surface area contributed by atoms with Gasteiger partial charge in [-0.1, -0.05) is 29.8 Å². The van der Waals surface area contributed by atoms with Gasteiger partial charge in [0.05, 0.1) is 17.5 Å². The normalized spacial score (nSPS) is 11.7. The van der Waals surface area contributed by atoms with Gasteiger partial charge in [0.1, 0.15) is 0 Å². The molecule has 2 amide bonds. The van der Waals surface area contributed by atoms with Crippen LogP contribution in [0.15, 0.2) is 41.8 Å². The highest BCUT2D eigenvalue weighted by molar-refractivity contribution is 7.12. The van der Waals surface area contributed by atoms with Crippen molar-refractivity contribution in [2.45, 2.75) is 13.0 Å². The van der Waals surface area contributed by atoms with Crippen LogP contribution >= 0.6 is 22.9 Å². The third-order valence-electron chi connectivity index (χ3n) is 2.88. The molecule has 1 atom stereocenters. The second-order valence-corrected chi connectivity index (χ2v) is 5.89. The second-order valence-electron chi connectivity index (χ2n) is 4.50. The third-order valence-corrected chi connectivity index (χ3v) is 3.98. The Bertz CT molecular complexity index is 628. The van der Waals surface area contributed by atoms with Gasteiger partial charge in [0, 0.05) is 5.02 Å². The zero-order valence-electron chi connectivity index (χ0n) is 11.4. The topological polar surface area (TPSA) is 58.2 Å². The van der Waals surface area contributed by atoms with Crippen LogP contribution in [-0.4, -0.2) is 18.4 Å². The van der Waals surface area contributed by atoms with Gasteiger partial charge in [0.25, 0.3) is 5.91 Å². The Morgan fingerprint density at radius 2 is 2.10 bits per heavy atom. The average molecular weight is 323 g/mol. The fourth-order valence-electron chi connectivity index (χ4n) is 1.81. The molecule has 2 aromatic rings. The van der Waals surface area contributed by atoms with Crippen LogP contribution in [0.2, 0.25) is 5.02 Å². The van der Waals surface area contributed by atoms with Crippen LogP contribution < -0.4 is 10.6 Å². The van der Waals surface area contributed by atoms with E-state index in [1.807, 2.05) is 24.4 Å². The van der Waals surface area contributed by atoms with Crippen molar-refractivity contribution in [3.8, 4) is 0 Å². The van der Waals surface area contributed by atoms with Crippen molar-refractivity contribution in [3.63, 3.8) is 0 Å². The Kier molecular flexibility index (Phi) is 5.36. The fraction of sp³-hybridized carbons (Fsp3) is 0.200. The zero-order chi connectivity index (χ0) is 15.2. The van der Waals surface area contributed by atoms with Crippen molar-refractivity contribution >= 4 is 34.8 Å². The van der Waals surface area contributed by atoms with Gasteiger partial charge in [-0.25, -0.2) is 0 Å². The van der Waals surface area contributed by atoms with Gasteiger partial charge in [0.2, 0.25) is 5.91 Å². The lowest BCUT2D eigenvalue weighted by atomic mass is 10.1. The molecule has 21 heavy (non-hydrogen) atoms. The molecule has 0 aliphatic carbocycles. The predicted octanol–water partition coefficient (Wildman–Crippen LogP) is 3.01. The number of hydrogen-bond donors (Lipinski definition) is 2. The first-order valence-corrected chi connectivity index (χ1v) is 7.68. The number of amides is 2. The maximum atomic E-state index is 11.8. The quantitative estimate of drug-likeness (QED) is 0.889. The number of hydrogen-bond acceptors (Lipinski definition) is 3. The van der Waals surface area contributed by atoms with Gasteiger partial charge in [0.15, 0.2) is 0 Å². The van der Waals surface area contributed by atoms with Gasteiger partial charge in [-0.05, 0) is 36.1 Å². The summed E-state index contributed by atoms with van der Waals surface area (Å²) in [5.74, 6) is -0.483. The highest BCUT2D eigenvalue weighted by atomic mass is 35.5. The Hall–Kier alpha value is -1.85. The summed E-state index contributed by atoms with van der Waals surface area (Å²) in [5.41, 5.74) is 0.917. The summed E-state index contributed by atoms with van der Waals surface area (Å²) in [6.07, 6.45) is 0. The summed E-state index contributed by atoms with van der Waals surface area (Å²) >= 11 is 7.25. The maximum Gasteiger partial charge on any atom is 0.261 e. The van der Waals surface area contributed by atoms with Crippen LogP contribution in [0.25, 0.3) is 0 Å². The molecule has 110 valence electrons. The third kappa shape index (κ3) is 4.58. The van der Waals surface area contributed by atoms with Crippen LogP contribution in [0.3, 0.4) is 0 Å². The molecular weight excluding hydrogens is 308 g/mol. The minimum atomic E-state index is -0.243. The van der Waals surface area contributed by atoms with E-state index in [-0.39, 0.29) is 24.4 Å². The van der Waals surface area contributed by atoms with Gasteiger partial charge >= 0.3 is 0 Å². The maximum absolute atomic E-state index is 11.8. The lowest BCUT2D eigenvalue weighted by molar-refractivity contribution is -0.120. The molecule has 0 saturated carbocycles. The van der Waals surface area contributed by atoms with E-state index in [0.717, 1.165) is 5.56 Å². The van der Waals surface area contributed by atoms with Gasteiger partial charge in [-0.2, -0.15) is 0 Å². The lowest BCUT2D eigenvalue weighted by Crippen LogP contribution is -2.37. The summed E-state index contributed by atoms with van der Waals surface area (Å²) in [7, 11) is 0. The smallest absolute Gasteiger partial charge is 0.261 e. The van der Waals surface area contributed by atoms with Gasteiger partial charge in [-0.3, -0.25) is 9.59 Å². The molecule has 1 aromatic heterocycles. The Morgan fingerprint density at radius 1 is 1.29 bits per heavy atom. The van der Waals surface area contributed by atoms with Crippen molar-refractivity contribution in [3.05, 3.63) is 57.2 Å². The summed E-state index contributed by atoms with van der Waals surface area (Å²) in [6.45, 7) is 1.81. The van der Waals surface area contributed by atoms with Crippen molar-refractivity contribution in [1.29, 1.82) is 0 Å². The number of rotatable bonds is 5. The fourth-order valence-corrected chi connectivity index (χ4v) is 2.65. The van der Waals surface area contributed by atoms with Crippen molar-refractivity contribution < 1.29 is 9.59 Å². The predicted molar refractivity (Wildman–Crippen MR) is 84.7 cm³/mol. The molecule has 2 N–H and O–H groups in total. The Balaban J connectivity index is 1.83. The molecule has 2 rings (SSSR count). The molecule has 6 heteroatoms. The molecule has 0 radical (unpaired) electrons. The first-order chi connectivity index (χ1) is 10.1. The zero-order valence-corrected chi connectivity index (χ0v) is 13.0. The highest BCUT2D eigenvalue weighted by Crippen LogP contribution is 2.17. The summed E-state index contributed by atoms with van der Waals surface area (Å²) in [4.78, 5) is 24.1. The van der Waals surface area contributed by atoms with E-state index in [1.165, 1.54) is 11.3 Å². The van der Waals surface area contributed by atoms with Gasteiger partial charge in [-0.15, -0.1) is 11.3 Å². The van der Waals surface area contributed by atoms with E-state index in [0.29, 0.717) is 9.90 Å². The average Bonchev–Trinajstić information content (AvgIpc) is 2.99. The standard InChI is InChI=1S/C15H15ClN2O2S/c1-10(11-4-2-5-12(16)8-11)18-14(19)9-17-15(20)13-6-3-7-21-13/h2-8,10H,9H2,1H3,(H,17,20)(H,18,19)/t10-/m1/s1. The van der Waals surface area contributed by atoms with Crippen LogP contribution in [0.5, 0.6) is 0 Å². The van der Waals surface area contributed by atoms with E-state index in [2.05, 4.69) is 10.6 Å². The number of carbonyl (C=O) groups excluding carboxylic acids is 2. The van der Waals surface area contributed by atoms with Crippen molar-refractivity contribution in [1.82, 2.24) is 10.6 Å². The molecule has 0 unspecified atom stereocenters. The van der Waals surface area contributed by atoms with Crippen LogP contribution in [0.4, 0.5) is 0 Å². The Morgan fingerprint density at radius 3 is 2.76 bits per heavy atom. The summed E-state index contributed by atoms with van der Waals surface area (Å²) < 4.78 is 0. The number of thiophene rings is 1. The highest BCUT2D eigenvalue weighted by Gasteiger charge is 2.12. The van der Waals surface area contributed by atoms with Gasteiger partial charge < -0.3 is 10.6 Å². The largest absolute Gasteiger partial charge is 0.348 e. The lowest BCUT2D eigenvalue weighted by Gasteiger charge is -2.14. The number of halogens is 1. The van der Waals surface area contributed by atoms with E-state index >= 15 is 0 Å². The molecule has 0 bridgehead atoms. The van der Waals surface area contributed by atoms with E-state index in [9.17, 15) is 9.59 Å². The van der Waals surface area contributed by atoms with Crippen molar-refractivity contribution in [2.75, 3.05) is 6.54 Å². The molecule has 0 aliphatic heterocycles. The van der Waals surface area contributed by atoms with E-state index < -0.39 is 0 Å². The number of benzene rings is 1. The molecule has 0 fully saturated rings. The molecule has 0 aliphatic rings. The number of carbonyl (C=O) groups is 2. The van der Waals surface area contributed by atoms with Crippen LogP contribution in [0, 0.1) is 0 Å². The molecule has 1 aromatic carbocycles. The molecule has 4 nitrogen and oxygen atoms in total. The minimum Gasteiger partial charge on any atom is -0.348 e. The summed E-state index contributed by atoms with van der Waals surface area (Å²) in [6, 6.07) is 10.6. The SMILES string of the molecule is C[C@@H](NC(=O)CNC(=O)c1cccs1)c1cccc(Cl)c1. The van der Waals surface area contributed by atoms with Crippen LogP contribution in [-0.2, 0) is 4.79 Å². The van der Waals surface area contributed by atoms with Crippen LogP contribution in [0.1, 0.15) is 28.2 Å². The first kappa shape index (κ1) is 15.5. The van der Waals surface area contributed by atoms with E-state index in [4.69, 9.17) is 11.6 Å². The second kappa shape index (κ2) is 7.24. The molecule has 0 saturated heterocycles. The molecular formula is C15H15ClN2O2S. The van der Waals surface area contributed by atoms with E-state index in [1.54, 1.807) is 24.3 Å².